The molecule has 0 spiro atoms. The number of aliphatic hydroxyl groups is 1. The van der Waals surface area contributed by atoms with Gasteiger partial charge >= 0.3 is 6.03 Å². The highest BCUT2D eigenvalue weighted by molar-refractivity contribution is 7.09. The first-order chi connectivity index (χ1) is 16.1. The van der Waals surface area contributed by atoms with E-state index < -0.39 is 5.60 Å². The van der Waals surface area contributed by atoms with Gasteiger partial charge in [0.25, 0.3) is 0 Å². The molecule has 33 heavy (non-hydrogen) atoms. The lowest BCUT2D eigenvalue weighted by atomic mass is 9.78. The van der Waals surface area contributed by atoms with Crippen LogP contribution in [0, 0.1) is 11.8 Å². The summed E-state index contributed by atoms with van der Waals surface area (Å²) in [5.74, 6) is 0.709. The molecule has 1 aromatic heterocycles. The van der Waals surface area contributed by atoms with E-state index in [1.165, 1.54) is 43.4 Å². The van der Waals surface area contributed by atoms with Crippen molar-refractivity contribution in [3.8, 4) is 0 Å². The number of likely N-dealkylation sites (N-methyl/N-ethyl adjacent to an activating group) is 1. The van der Waals surface area contributed by atoms with Crippen LogP contribution in [0.2, 0.25) is 0 Å². The van der Waals surface area contributed by atoms with Crippen molar-refractivity contribution in [1.82, 2.24) is 20.5 Å². The number of nitrogens with one attached hydrogen (secondary N) is 2. The fourth-order valence-electron chi connectivity index (χ4n) is 5.65. The van der Waals surface area contributed by atoms with Crippen molar-refractivity contribution in [3.63, 3.8) is 0 Å². The average molecular weight is 481 g/mol. The van der Waals surface area contributed by atoms with E-state index in [9.17, 15) is 9.90 Å². The number of thiazole rings is 1. The van der Waals surface area contributed by atoms with Crippen molar-refractivity contribution in [2.24, 2.45) is 11.8 Å². The van der Waals surface area contributed by atoms with Gasteiger partial charge in [-0.05, 0) is 51.5 Å². The van der Waals surface area contributed by atoms with Crippen LogP contribution in [0.3, 0.4) is 0 Å². The Kier molecular flexibility index (Phi) is 10.9. The summed E-state index contributed by atoms with van der Waals surface area (Å²) >= 11 is 1.51. The van der Waals surface area contributed by atoms with Crippen molar-refractivity contribution < 1.29 is 14.6 Å². The van der Waals surface area contributed by atoms with E-state index in [0.717, 1.165) is 50.2 Å². The minimum absolute atomic E-state index is 0.00760. The Morgan fingerprint density at radius 1 is 1.30 bits per heavy atom. The summed E-state index contributed by atoms with van der Waals surface area (Å²) in [5, 5.41) is 21.1. The number of nitrogens with zero attached hydrogens (tertiary/aromatic N) is 2. The van der Waals surface area contributed by atoms with Gasteiger partial charge in [0.15, 0.2) is 0 Å². The number of aromatic nitrogens is 1. The first-order valence-corrected chi connectivity index (χ1v) is 13.8. The van der Waals surface area contributed by atoms with Crippen LogP contribution in [-0.2, 0) is 10.3 Å². The van der Waals surface area contributed by atoms with E-state index in [-0.39, 0.29) is 18.0 Å². The van der Waals surface area contributed by atoms with Crippen LogP contribution in [0.15, 0.2) is 11.6 Å². The zero-order valence-electron chi connectivity index (χ0n) is 20.6. The topological polar surface area (TPSA) is 86.7 Å². The molecule has 0 aromatic carbocycles. The molecular weight excluding hydrogens is 436 g/mol. The van der Waals surface area contributed by atoms with Crippen LogP contribution in [0.25, 0.3) is 0 Å². The second-order valence-electron chi connectivity index (χ2n) is 9.94. The summed E-state index contributed by atoms with van der Waals surface area (Å²) in [6.45, 7) is 2.81. The summed E-state index contributed by atoms with van der Waals surface area (Å²) in [4.78, 5) is 19.7. The second-order valence-corrected chi connectivity index (χ2v) is 10.8. The van der Waals surface area contributed by atoms with E-state index in [1.807, 2.05) is 17.3 Å². The summed E-state index contributed by atoms with van der Waals surface area (Å²) < 4.78 is 5.19. The minimum Gasteiger partial charge on any atom is -0.385 e. The highest BCUT2D eigenvalue weighted by atomic mass is 32.1. The average Bonchev–Trinajstić information content (AvgIpc) is 3.38. The van der Waals surface area contributed by atoms with Crippen molar-refractivity contribution in [1.29, 1.82) is 0 Å². The molecule has 2 aliphatic rings. The number of carbonyl (C=O) groups excluding carboxylic acids is 1. The molecule has 3 atom stereocenters. The number of ether oxygens (including phenoxy) is 1. The van der Waals surface area contributed by atoms with E-state index in [1.54, 1.807) is 13.3 Å². The van der Waals surface area contributed by atoms with Gasteiger partial charge in [-0.25, -0.2) is 9.78 Å². The van der Waals surface area contributed by atoms with E-state index >= 15 is 0 Å². The first kappa shape index (κ1) is 26.4. The molecule has 3 rings (SSSR count). The number of hydrogen-bond acceptors (Lipinski definition) is 6. The number of amides is 2. The number of rotatable bonds is 12. The van der Waals surface area contributed by atoms with Crippen molar-refractivity contribution in [2.45, 2.75) is 82.3 Å². The van der Waals surface area contributed by atoms with E-state index in [4.69, 9.17) is 4.74 Å². The molecule has 2 heterocycles. The smallest absolute Gasteiger partial charge is 0.317 e. The number of piperidine rings is 1. The number of unbranched alkanes of at least 4 members (excludes halogenated alkanes) is 1. The molecule has 188 valence electrons. The van der Waals surface area contributed by atoms with Gasteiger partial charge in [-0.2, -0.15) is 0 Å². The lowest BCUT2D eigenvalue weighted by Crippen LogP contribution is -2.54. The molecule has 3 unspecified atom stereocenters. The monoisotopic (exact) mass is 480 g/mol. The second kappa shape index (κ2) is 13.6. The standard InChI is InChI=1S/C25H44N4O3S/c1-26-18-22(17-20-9-4-3-5-10-20)28-24(30)29-14-8-11-21(19-29)25(31,12-6-7-15-32-2)23-27-13-16-33-23/h13,16,20-22,26,31H,3-12,14-15,17-19H2,1-2H3,(H,28,30). The molecule has 3 N–H and O–H groups in total. The quantitative estimate of drug-likeness (QED) is 0.392. The van der Waals surface area contributed by atoms with E-state index in [0.29, 0.717) is 25.5 Å². The van der Waals surface area contributed by atoms with Gasteiger partial charge in [-0.15, -0.1) is 11.3 Å². The maximum atomic E-state index is 13.3. The largest absolute Gasteiger partial charge is 0.385 e. The molecule has 1 aliphatic heterocycles. The van der Waals surface area contributed by atoms with Crippen molar-refractivity contribution >= 4 is 17.4 Å². The lowest BCUT2D eigenvalue weighted by molar-refractivity contribution is -0.0565. The molecular formula is C25H44N4O3S. The van der Waals surface area contributed by atoms with Crippen LogP contribution in [0.5, 0.6) is 0 Å². The molecule has 0 bridgehead atoms. The maximum Gasteiger partial charge on any atom is 0.317 e. The van der Waals surface area contributed by atoms with Crippen LogP contribution in [-0.4, -0.2) is 67.5 Å². The van der Waals surface area contributed by atoms with Crippen LogP contribution in [0.4, 0.5) is 4.79 Å². The van der Waals surface area contributed by atoms with Gasteiger partial charge in [-0.3, -0.25) is 0 Å². The zero-order valence-corrected chi connectivity index (χ0v) is 21.4. The molecule has 0 radical (unpaired) electrons. The third-order valence-corrected chi connectivity index (χ3v) is 8.40. The Balaban J connectivity index is 1.62. The number of carbonyl (C=O) groups is 1. The van der Waals surface area contributed by atoms with E-state index in [2.05, 4.69) is 15.6 Å². The fourth-order valence-corrected chi connectivity index (χ4v) is 6.49. The molecule has 8 heteroatoms. The SMILES string of the molecule is CNCC(CC1CCCCC1)NC(=O)N1CCCC(C(O)(CCCCOC)c2nccs2)C1. The van der Waals surface area contributed by atoms with Gasteiger partial charge in [0.05, 0.1) is 0 Å². The van der Waals surface area contributed by atoms with Crippen LogP contribution < -0.4 is 10.6 Å². The van der Waals surface area contributed by atoms with Gasteiger partial charge in [0.2, 0.25) is 0 Å². The number of urea groups is 1. The molecule has 7 nitrogen and oxygen atoms in total. The fraction of sp³-hybridized carbons (Fsp3) is 0.840. The lowest BCUT2D eigenvalue weighted by Gasteiger charge is -2.42. The normalized spacial score (nSPS) is 22.6. The number of likely N-dealkylation sites (tertiary alicyclic amines) is 1. The summed E-state index contributed by atoms with van der Waals surface area (Å²) in [6, 6.07) is 0.162. The third kappa shape index (κ3) is 7.64. The Labute approximate surface area is 203 Å². The number of hydrogen-bond donors (Lipinski definition) is 3. The minimum atomic E-state index is -0.993. The molecule has 1 saturated heterocycles. The zero-order chi connectivity index (χ0) is 23.5. The van der Waals surface area contributed by atoms with Crippen molar-refractivity contribution in [2.75, 3.05) is 40.4 Å². The summed E-state index contributed by atoms with van der Waals surface area (Å²) in [7, 11) is 3.66. The van der Waals surface area contributed by atoms with Crippen molar-refractivity contribution in [3.05, 3.63) is 16.6 Å². The predicted octanol–water partition coefficient (Wildman–Crippen LogP) is 4.13. The Hall–Kier alpha value is -1.22. The van der Waals surface area contributed by atoms with Gasteiger partial charge in [0.1, 0.15) is 10.6 Å². The van der Waals surface area contributed by atoms with Crippen LogP contribution >= 0.6 is 11.3 Å². The Morgan fingerprint density at radius 2 is 2.12 bits per heavy atom. The summed E-state index contributed by atoms with van der Waals surface area (Å²) in [5.41, 5.74) is -0.993. The highest BCUT2D eigenvalue weighted by Gasteiger charge is 2.43. The Morgan fingerprint density at radius 3 is 2.82 bits per heavy atom. The molecule has 2 amide bonds. The predicted molar refractivity (Wildman–Crippen MR) is 133 cm³/mol. The summed E-state index contributed by atoms with van der Waals surface area (Å²) in [6.07, 6.45) is 13.6. The molecule has 1 aliphatic carbocycles. The third-order valence-electron chi connectivity index (χ3n) is 7.46. The van der Waals surface area contributed by atoms with Gasteiger partial charge < -0.3 is 25.4 Å². The van der Waals surface area contributed by atoms with Gasteiger partial charge in [-0.1, -0.05) is 32.1 Å². The molecule has 2 fully saturated rings. The first-order valence-electron chi connectivity index (χ1n) is 12.9. The Bertz CT molecular complexity index is 683. The number of methoxy groups -OCH3 is 1. The highest BCUT2D eigenvalue weighted by Crippen LogP contribution is 2.40. The molecule has 1 aromatic rings. The van der Waals surface area contributed by atoms with Gasteiger partial charge in [0, 0.05) is 56.9 Å². The molecule has 1 saturated carbocycles. The maximum absolute atomic E-state index is 13.3. The van der Waals surface area contributed by atoms with Crippen LogP contribution in [0.1, 0.15) is 75.6 Å².